The molecular formula is C12H8BrIO. The van der Waals surface area contributed by atoms with Gasteiger partial charge in [0.15, 0.2) is 0 Å². The van der Waals surface area contributed by atoms with Gasteiger partial charge in [0, 0.05) is 10.0 Å². The lowest BCUT2D eigenvalue weighted by atomic mass is 10.1. The minimum Gasteiger partial charge on any atom is -0.506 e. The van der Waals surface area contributed by atoms with Gasteiger partial charge in [-0.2, -0.15) is 0 Å². The van der Waals surface area contributed by atoms with Gasteiger partial charge in [0.05, 0.1) is 3.57 Å². The highest BCUT2D eigenvalue weighted by molar-refractivity contribution is 14.1. The first-order valence-electron chi connectivity index (χ1n) is 4.42. The van der Waals surface area contributed by atoms with Crippen molar-refractivity contribution in [3.63, 3.8) is 0 Å². The number of hydrogen-bond donors (Lipinski definition) is 1. The summed E-state index contributed by atoms with van der Waals surface area (Å²) in [6.45, 7) is 0. The molecule has 0 saturated heterocycles. The van der Waals surface area contributed by atoms with Crippen molar-refractivity contribution in [1.29, 1.82) is 0 Å². The van der Waals surface area contributed by atoms with Gasteiger partial charge in [-0.05, 0) is 40.3 Å². The van der Waals surface area contributed by atoms with Crippen LogP contribution in [0.15, 0.2) is 46.9 Å². The number of aromatic hydroxyl groups is 1. The lowest BCUT2D eigenvalue weighted by molar-refractivity contribution is 0.473. The van der Waals surface area contributed by atoms with Crippen LogP contribution in [0, 0.1) is 3.57 Å². The van der Waals surface area contributed by atoms with E-state index in [1.54, 1.807) is 0 Å². The average molecular weight is 375 g/mol. The Balaban J connectivity index is 2.63. The van der Waals surface area contributed by atoms with E-state index in [1.165, 1.54) is 0 Å². The second-order valence-corrected chi connectivity index (χ2v) is 5.23. The molecule has 0 amide bonds. The third kappa shape index (κ3) is 2.34. The highest BCUT2D eigenvalue weighted by atomic mass is 127. The summed E-state index contributed by atoms with van der Waals surface area (Å²) in [4.78, 5) is 0. The number of hydrogen-bond acceptors (Lipinski definition) is 1. The lowest BCUT2D eigenvalue weighted by Crippen LogP contribution is -1.82. The molecule has 3 heteroatoms. The minimum atomic E-state index is 0.338. The van der Waals surface area contributed by atoms with Crippen molar-refractivity contribution < 1.29 is 5.11 Å². The van der Waals surface area contributed by atoms with Crippen LogP contribution < -0.4 is 0 Å². The topological polar surface area (TPSA) is 20.2 Å². The zero-order chi connectivity index (χ0) is 10.8. The van der Waals surface area contributed by atoms with Crippen molar-refractivity contribution in [3.05, 3.63) is 50.5 Å². The van der Waals surface area contributed by atoms with Crippen LogP contribution in [0.3, 0.4) is 0 Å². The van der Waals surface area contributed by atoms with E-state index in [-0.39, 0.29) is 0 Å². The Morgan fingerprint density at radius 1 is 1.07 bits per heavy atom. The molecule has 0 radical (unpaired) electrons. The zero-order valence-electron chi connectivity index (χ0n) is 7.74. The maximum atomic E-state index is 9.95. The molecule has 0 spiro atoms. The molecule has 1 N–H and O–H groups in total. The van der Waals surface area contributed by atoms with Crippen LogP contribution in [0.5, 0.6) is 5.75 Å². The first-order chi connectivity index (χ1) is 7.18. The predicted molar refractivity (Wildman–Crippen MR) is 74.0 cm³/mol. The molecular weight excluding hydrogens is 367 g/mol. The van der Waals surface area contributed by atoms with E-state index < -0.39 is 0 Å². The number of rotatable bonds is 1. The summed E-state index contributed by atoms with van der Waals surface area (Å²) in [5.74, 6) is 0.338. The SMILES string of the molecule is Oc1c(I)cc(Br)cc1-c1ccccc1. The maximum absolute atomic E-state index is 9.95. The van der Waals surface area contributed by atoms with Crippen LogP contribution >= 0.6 is 38.5 Å². The molecule has 0 fully saturated rings. The smallest absolute Gasteiger partial charge is 0.136 e. The van der Waals surface area contributed by atoms with Crippen LogP contribution in [-0.4, -0.2) is 5.11 Å². The van der Waals surface area contributed by atoms with Crippen LogP contribution in [0.4, 0.5) is 0 Å². The van der Waals surface area contributed by atoms with Gasteiger partial charge in [-0.1, -0.05) is 46.3 Å². The lowest BCUT2D eigenvalue weighted by Gasteiger charge is -2.07. The van der Waals surface area contributed by atoms with Gasteiger partial charge in [0.25, 0.3) is 0 Å². The summed E-state index contributed by atoms with van der Waals surface area (Å²) in [6, 6.07) is 13.7. The maximum Gasteiger partial charge on any atom is 0.136 e. The van der Waals surface area contributed by atoms with Crippen molar-refractivity contribution in [2.24, 2.45) is 0 Å². The molecule has 2 aromatic carbocycles. The van der Waals surface area contributed by atoms with Gasteiger partial charge in [0.2, 0.25) is 0 Å². The van der Waals surface area contributed by atoms with Crippen molar-refractivity contribution >= 4 is 38.5 Å². The highest BCUT2D eigenvalue weighted by Crippen LogP contribution is 2.35. The van der Waals surface area contributed by atoms with E-state index in [0.717, 1.165) is 19.2 Å². The normalized spacial score (nSPS) is 10.3. The van der Waals surface area contributed by atoms with Crippen LogP contribution in [0.2, 0.25) is 0 Å². The van der Waals surface area contributed by atoms with E-state index in [9.17, 15) is 5.11 Å². The second kappa shape index (κ2) is 4.53. The number of phenols is 1. The highest BCUT2D eigenvalue weighted by Gasteiger charge is 2.08. The Labute approximate surface area is 110 Å². The van der Waals surface area contributed by atoms with Crippen molar-refractivity contribution in [2.75, 3.05) is 0 Å². The standard InChI is InChI=1S/C12H8BrIO/c13-9-6-10(12(15)11(14)7-9)8-4-2-1-3-5-8/h1-7,15H. The fraction of sp³-hybridized carbons (Fsp3) is 0. The molecule has 0 aliphatic carbocycles. The van der Waals surface area contributed by atoms with E-state index in [2.05, 4.69) is 38.5 Å². The van der Waals surface area contributed by atoms with Gasteiger partial charge in [-0.25, -0.2) is 0 Å². The summed E-state index contributed by atoms with van der Waals surface area (Å²) in [5, 5.41) is 9.95. The monoisotopic (exact) mass is 374 g/mol. The first-order valence-corrected chi connectivity index (χ1v) is 6.29. The van der Waals surface area contributed by atoms with Crippen molar-refractivity contribution in [3.8, 4) is 16.9 Å². The molecule has 0 aromatic heterocycles. The molecule has 0 unspecified atom stereocenters. The second-order valence-electron chi connectivity index (χ2n) is 3.15. The van der Waals surface area contributed by atoms with Crippen LogP contribution in [-0.2, 0) is 0 Å². The molecule has 15 heavy (non-hydrogen) atoms. The van der Waals surface area contributed by atoms with Gasteiger partial charge < -0.3 is 5.11 Å². The Morgan fingerprint density at radius 2 is 1.73 bits per heavy atom. The molecule has 2 rings (SSSR count). The van der Waals surface area contributed by atoms with Crippen LogP contribution in [0.25, 0.3) is 11.1 Å². The number of benzene rings is 2. The molecule has 0 saturated carbocycles. The van der Waals surface area contributed by atoms with E-state index >= 15 is 0 Å². The van der Waals surface area contributed by atoms with E-state index in [4.69, 9.17) is 0 Å². The summed E-state index contributed by atoms with van der Waals surface area (Å²) in [7, 11) is 0. The molecule has 0 atom stereocenters. The molecule has 0 aliphatic heterocycles. The van der Waals surface area contributed by atoms with Crippen LogP contribution in [0.1, 0.15) is 0 Å². The van der Waals surface area contributed by atoms with E-state index in [1.807, 2.05) is 42.5 Å². The van der Waals surface area contributed by atoms with Gasteiger partial charge in [-0.3, -0.25) is 0 Å². The summed E-state index contributed by atoms with van der Waals surface area (Å²) in [6.07, 6.45) is 0. The molecule has 76 valence electrons. The van der Waals surface area contributed by atoms with E-state index in [0.29, 0.717) is 5.75 Å². The molecule has 0 aliphatic rings. The first kappa shape index (κ1) is 11.0. The van der Waals surface area contributed by atoms with Crippen molar-refractivity contribution in [2.45, 2.75) is 0 Å². The Morgan fingerprint density at radius 3 is 2.40 bits per heavy atom. The third-order valence-electron chi connectivity index (χ3n) is 2.11. The average Bonchev–Trinajstić information content (AvgIpc) is 2.24. The molecule has 1 nitrogen and oxygen atoms in total. The Kier molecular flexibility index (Phi) is 3.31. The minimum absolute atomic E-state index is 0.338. The third-order valence-corrected chi connectivity index (χ3v) is 3.39. The van der Waals surface area contributed by atoms with Gasteiger partial charge >= 0.3 is 0 Å². The Bertz CT molecular complexity index is 482. The summed E-state index contributed by atoms with van der Waals surface area (Å²) >= 11 is 5.55. The van der Waals surface area contributed by atoms with Gasteiger partial charge in [-0.15, -0.1) is 0 Å². The summed E-state index contributed by atoms with van der Waals surface area (Å²) < 4.78 is 1.82. The predicted octanol–water partition coefficient (Wildman–Crippen LogP) is 4.43. The molecule has 0 heterocycles. The number of phenolic OH excluding ortho intramolecular Hbond substituents is 1. The molecule has 2 aromatic rings. The summed E-state index contributed by atoms with van der Waals surface area (Å²) in [5.41, 5.74) is 1.88. The van der Waals surface area contributed by atoms with Gasteiger partial charge in [0.1, 0.15) is 5.75 Å². The number of halogens is 2. The largest absolute Gasteiger partial charge is 0.506 e. The van der Waals surface area contributed by atoms with Crippen molar-refractivity contribution in [1.82, 2.24) is 0 Å². The molecule has 0 bridgehead atoms. The quantitative estimate of drug-likeness (QED) is 0.732. The zero-order valence-corrected chi connectivity index (χ0v) is 11.5. The Hall–Kier alpha value is -0.550. The fourth-order valence-corrected chi connectivity index (χ4v) is 2.92. The fourth-order valence-electron chi connectivity index (χ4n) is 1.40.